The molecule has 41 heavy (non-hydrogen) atoms. The predicted octanol–water partition coefficient (Wildman–Crippen LogP) is 4.86. The number of imide groups is 1. The summed E-state index contributed by atoms with van der Waals surface area (Å²) in [7, 11) is 0. The van der Waals surface area contributed by atoms with Crippen LogP contribution < -0.4 is 9.80 Å². The van der Waals surface area contributed by atoms with Crippen molar-refractivity contribution in [3.8, 4) is 11.4 Å². The largest absolute Gasteiger partial charge is 0.368 e. The first-order chi connectivity index (χ1) is 19.9. The molecular formula is C30H27ClN6O3S. The fourth-order valence-corrected chi connectivity index (χ4v) is 6.27. The fourth-order valence-electron chi connectivity index (χ4n) is 5.18. The third-order valence-corrected chi connectivity index (χ3v) is 8.53. The van der Waals surface area contributed by atoms with E-state index in [0.29, 0.717) is 52.5 Å². The molecule has 0 spiro atoms. The molecular weight excluding hydrogens is 560 g/mol. The molecule has 0 bridgehead atoms. The smallest absolute Gasteiger partial charge is 0.266 e. The molecule has 0 N–H and O–H groups in total. The molecule has 1 fully saturated rings. The van der Waals surface area contributed by atoms with E-state index in [1.165, 1.54) is 16.7 Å². The minimum atomic E-state index is -0.329. The van der Waals surface area contributed by atoms with E-state index in [0.717, 1.165) is 24.3 Å². The lowest BCUT2D eigenvalue weighted by Gasteiger charge is -2.36. The number of benzene rings is 3. The summed E-state index contributed by atoms with van der Waals surface area (Å²) in [6.07, 6.45) is 0. The van der Waals surface area contributed by atoms with Crippen LogP contribution in [0.2, 0.25) is 5.02 Å². The third kappa shape index (κ3) is 5.20. The van der Waals surface area contributed by atoms with E-state index in [2.05, 4.69) is 15.1 Å². The number of thioether (sulfide) groups is 1. The first kappa shape index (κ1) is 27.0. The van der Waals surface area contributed by atoms with Crippen molar-refractivity contribution in [3.63, 3.8) is 0 Å². The van der Waals surface area contributed by atoms with E-state index >= 15 is 0 Å². The predicted molar refractivity (Wildman–Crippen MR) is 160 cm³/mol. The molecule has 0 unspecified atom stereocenters. The van der Waals surface area contributed by atoms with Gasteiger partial charge < -0.3 is 14.4 Å². The first-order valence-corrected chi connectivity index (χ1v) is 14.7. The van der Waals surface area contributed by atoms with Crippen LogP contribution in [0, 0.1) is 0 Å². The molecule has 4 aromatic rings. The molecule has 2 aliphatic heterocycles. The Bertz CT molecular complexity index is 1600. The van der Waals surface area contributed by atoms with Gasteiger partial charge in [-0.15, -0.1) is 10.2 Å². The summed E-state index contributed by atoms with van der Waals surface area (Å²) in [5.41, 5.74) is 3.19. The molecule has 3 amide bonds. The fraction of sp³-hybridized carbons (Fsp3) is 0.233. The molecule has 3 heterocycles. The molecule has 0 atom stereocenters. The zero-order valence-corrected chi connectivity index (χ0v) is 23.9. The highest BCUT2D eigenvalue weighted by Crippen LogP contribution is 2.31. The highest BCUT2D eigenvalue weighted by Gasteiger charge is 2.36. The second-order valence-corrected chi connectivity index (χ2v) is 11.1. The molecule has 1 aromatic heterocycles. The van der Waals surface area contributed by atoms with Crippen molar-refractivity contribution in [2.45, 2.75) is 18.6 Å². The second kappa shape index (κ2) is 11.4. The van der Waals surface area contributed by atoms with Crippen molar-refractivity contribution >= 4 is 52.5 Å². The van der Waals surface area contributed by atoms with Crippen LogP contribution in [0.3, 0.4) is 0 Å². The lowest BCUT2D eigenvalue weighted by Crippen LogP contribution is -2.49. The van der Waals surface area contributed by atoms with E-state index in [9.17, 15) is 14.4 Å². The Balaban J connectivity index is 1.09. The molecule has 208 valence electrons. The SMILES string of the molecule is CCn1c(SCC(=O)N2CCN(c3cccc(Cl)c3)CC2)nnc1-c1ccc(N2C(=O)c3ccccc3C2=O)cc1. The molecule has 11 heteroatoms. The molecule has 2 aliphatic rings. The van der Waals surface area contributed by atoms with Gasteiger partial charge in [-0.05, 0) is 61.5 Å². The van der Waals surface area contributed by atoms with Crippen molar-refractivity contribution in [1.82, 2.24) is 19.7 Å². The van der Waals surface area contributed by atoms with E-state index < -0.39 is 0 Å². The maximum absolute atomic E-state index is 13.0. The van der Waals surface area contributed by atoms with Gasteiger partial charge in [0.1, 0.15) is 0 Å². The van der Waals surface area contributed by atoms with Gasteiger partial charge in [0.2, 0.25) is 5.91 Å². The van der Waals surface area contributed by atoms with Crippen molar-refractivity contribution in [2.75, 3.05) is 41.7 Å². The Morgan fingerprint density at radius 2 is 1.54 bits per heavy atom. The molecule has 6 rings (SSSR count). The van der Waals surface area contributed by atoms with Gasteiger partial charge in [0.25, 0.3) is 11.8 Å². The highest BCUT2D eigenvalue weighted by atomic mass is 35.5. The molecule has 9 nitrogen and oxygen atoms in total. The Morgan fingerprint density at radius 1 is 0.854 bits per heavy atom. The van der Waals surface area contributed by atoms with Crippen molar-refractivity contribution in [3.05, 3.63) is 88.9 Å². The zero-order chi connectivity index (χ0) is 28.5. The number of carbonyl (C=O) groups is 3. The third-order valence-electron chi connectivity index (χ3n) is 7.34. The summed E-state index contributed by atoms with van der Waals surface area (Å²) in [5, 5.41) is 10.1. The average Bonchev–Trinajstić information content (AvgIpc) is 3.53. The number of piperazine rings is 1. The van der Waals surface area contributed by atoms with Crippen molar-refractivity contribution < 1.29 is 14.4 Å². The van der Waals surface area contributed by atoms with Gasteiger partial charge in [0.15, 0.2) is 11.0 Å². The summed E-state index contributed by atoms with van der Waals surface area (Å²) in [6.45, 7) is 5.43. The van der Waals surface area contributed by atoms with Crippen molar-refractivity contribution in [1.29, 1.82) is 0 Å². The maximum atomic E-state index is 13.0. The number of rotatable bonds is 7. The van der Waals surface area contributed by atoms with Crippen LogP contribution in [-0.2, 0) is 11.3 Å². The average molecular weight is 587 g/mol. The quantitative estimate of drug-likeness (QED) is 0.226. The van der Waals surface area contributed by atoms with Gasteiger partial charge in [-0.25, -0.2) is 4.90 Å². The van der Waals surface area contributed by atoms with Crippen LogP contribution in [0.15, 0.2) is 78.0 Å². The van der Waals surface area contributed by atoms with Gasteiger partial charge in [0.05, 0.1) is 22.6 Å². The zero-order valence-electron chi connectivity index (χ0n) is 22.4. The van der Waals surface area contributed by atoms with E-state index in [-0.39, 0.29) is 23.5 Å². The number of carbonyl (C=O) groups excluding carboxylic acids is 3. The van der Waals surface area contributed by atoms with Crippen LogP contribution in [0.4, 0.5) is 11.4 Å². The van der Waals surface area contributed by atoms with Gasteiger partial charge in [-0.3, -0.25) is 14.4 Å². The van der Waals surface area contributed by atoms with Crippen LogP contribution in [0.25, 0.3) is 11.4 Å². The molecule has 0 saturated carbocycles. The van der Waals surface area contributed by atoms with Crippen LogP contribution >= 0.6 is 23.4 Å². The van der Waals surface area contributed by atoms with Crippen LogP contribution in [0.5, 0.6) is 0 Å². The molecule has 3 aromatic carbocycles. The van der Waals surface area contributed by atoms with Crippen LogP contribution in [-0.4, -0.2) is 69.3 Å². The topological polar surface area (TPSA) is 91.6 Å². The number of hydrogen-bond acceptors (Lipinski definition) is 7. The van der Waals surface area contributed by atoms with Gasteiger partial charge in [-0.2, -0.15) is 0 Å². The maximum Gasteiger partial charge on any atom is 0.266 e. The number of hydrogen-bond donors (Lipinski definition) is 0. The lowest BCUT2D eigenvalue weighted by molar-refractivity contribution is -0.128. The molecule has 1 saturated heterocycles. The number of fused-ring (bicyclic) bond motifs is 1. The van der Waals surface area contributed by atoms with Gasteiger partial charge in [0, 0.05) is 49.0 Å². The summed E-state index contributed by atoms with van der Waals surface area (Å²) in [6, 6.07) is 21.7. The summed E-state index contributed by atoms with van der Waals surface area (Å²) in [5.74, 6) is 0.340. The normalized spacial score (nSPS) is 15.0. The Morgan fingerprint density at radius 3 is 2.17 bits per heavy atom. The molecule has 0 radical (unpaired) electrons. The summed E-state index contributed by atoms with van der Waals surface area (Å²) < 4.78 is 1.96. The number of aromatic nitrogens is 3. The van der Waals surface area contributed by atoms with Gasteiger partial charge in [-0.1, -0.05) is 41.6 Å². The minimum absolute atomic E-state index is 0.0678. The minimum Gasteiger partial charge on any atom is -0.368 e. The Labute approximate surface area is 246 Å². The van der Waals surface area contributed by atoms with Crippen LogP contribution in [0.1, 0.15) is 27.6 Å². The standard InChI is InChI=1S/C30H27ClN6O3S/c1-2-36-27(20-10-12-22(13-11-20)37-28(39)24-8-3-4-9-25(24)29(37)40)32-33-30(36)41-19-26(38)35-16-14-34(15-17-35)23-7-5-6-21(31)18-23/h3-13,18H,2,14-17,19H2,1H3. The number of nitrogens with zero attached hydrogens (tertiary/aromatic N) is 6. The first-order valence-electron chi connectivity index (χ1n) is 13.4. The number of anilines is 2. The lowest BCUT2D eigenvalue weighted by atomic mass is 10.1. The summed E-state index contributed by atoms with van der Waals surface area (Å²) >= 11 is 7.51. The number of amides is 3. The van der Waals surface area contributed by atoms with E-state index in [1.807, 2.05) is 52.8 Å². The molecule has 0 aliphatic carbocycles. The Kier molecular flexibility index (Phi) is 7.51. The highest BCUT2D eigenvalue weighted by molar-refractivity contribution is 7.99. The van der Waals surface area contributed by atoms with Gasteiger partial charge >= 0.3 is 0 Å². The number of halogens is 1. The summed E-state index contributed by atoms with van der Waals surface area (Å²) in [4.78, 5) is 44.0. The van der Waals surface area contributed by atoms with E-state index in [4.69, 9.17) is 11.6 Å². The Hall–Kier alpha value is -4.15. The second-order valence-electron chi connectivity index (χ2n) is 9.72. The van der Waals surface area contributed by atoms with E-state index in [1.54, 1.807) is 36.4 Å². The van der Waals surface area contributed by atoms with Crippen molar-refractivity contribution in [2.24, 2.45) is 0 Å². The monoisotopic (exact) mass is 586 g/mol.